The van der Waals surface area contributed by atoms with E-state index in [1.54, 1.807) is 6.33 Å². The van der Waals surface area contributed by atoms with Gasteiger partial charge >= 0.3 is 0 Å². The molecule has 152 valence electrons. The Balaban J connectivity index is 1.72. The Morgan fingerprint density at radius 3 is 2.00 bits per heavy atom. The van der Waals surface area contributed by atoms with E-state index in [0.717, 1.165) is 22.5 Å². The summed E-state index contributed by atoms with van der Waals surface area (Å²) in [6.07, 6.45) is -4.14. The summed E-state index contributed by atoms with van der Waals surface area (Å²) in [6, 6.07) is 19.6. The van der Waals surface area contributed by atoms with Crippen LogP contribution in [0.3, 0.4) is 0 Å². The van der Waals surface area contributed by atoms with Crippen LogP contribution in [0.15, 0.2) is 67.0 Å². The number of hydrogen-bond acceptors (Lipinski definition) is 6. The molecule has 1 aromatic heterocycles. The largest absolute Gasteiger partial charge is 0.394 e. The van der Waals surface area contributed by atoms with E-state index in [2.05, 4.69) is 4.98 Å². The van der Waals surface area contributed by atoms with E-state index in [9.17, 15) is 20.4 Å². The fourth-order valence-corrected chi connectivity index (χ4v) is 3.75. The Bertz CT molecular complexity index is 929. The van der Waals surface area contributed by atoms with Crippen LogP contribution in [0, 0.1) is 0 Å². The van der Waals surface area contributed by atoms with Crippen LogP contribution in [0.5, 0.6) is 0 Å². The lowest BCUT2D eigenvalue weighted by Gasteiger charge is -2.40. The van der Waals surface area contributed by atoms with Gasteiger partial charge in [-0.25, -0.2) is 4.98 Å². The minimum absolute atomic E-state index is 0.200. The smallest absolute Gasteiger partial charge is 0.111 e. The van der Waals surface area contributed by atoms with Gasteiger partial charge in [0, 0.05) is 11.1 Å². The molecule has 1 aliphatic rings. The number of benzene rings is 2. The molecule has 1 saturated heterocycles. The molecule has 5 atom stereocenters. The highest BCUT2D eigenvalue weighted by molar-refractivity contribution is 5.78. The zero-order valence-corrected chi connectivity index (χ0v) is 15.7. The Morgan fingerprint density at radius 2 is 1.38 bits per heavy atom. The van der Waals surface area contributed by atoms with Gasteiger partial charge in [0.25, 0.3) is 0 Å². The van der Waals surface area contributed by atoms with Gasteiger partial charge in [-0.05, 0) is 0 Å². The first-order valence-corrected chi connectivity index (χ1v) is 9.56. The van der Waals surface area contributed by atoms with Crippen molar-refractivity contribution in [3.63, 3.8) is 0 Å². The molecule has 4 rings (SSSR count). The second-order valence-corrected chi connectivity index (χ2v) is 7.19. The molecule has 0 saturated carbocycles. The van der Waals surface area contributed by atoms with Crippen LogP contribution in [0.1, 0.15) is 0 Å². The molecule has 2 aromatic carbocycles. The molecule has 2 heterocycles. The quantitative estimate of drug-likeness (QED) is 0.514. The third-order valence-corrected chi connectivity index (χ3v) is 5.30. The summed E-state index contributed by atoms with van der Waals surface area (Å²) in [6.45, 7) is -0.252. The van der Waals surface area contributed by atoms with Crippen molar-refractivity contribution in [3.8, 4) is 22.5 Å². The van der Waals surface area contributed by atoms with Gasteiger partial charge in [0.05, 0.1) is 30.9 Å². The Labute approximate surface area is 168 Å². The Hall–Kier alpha value is -2.55. The summed E-state index contributed by atoms with van der Waals surface area (Å²) in [5, 5.41) is 40.0. The van der Waals surface area contributed by atoms with E-state index in [4.69, 9.17) is 4.74 Å². The predicted octanol–water partition coefficient (Wildman–Crippen LogP) is 1.06. The van der Waals surface area contributed by atoms with Gasteiger partial charge in [0.15, 0.2) is 0 Å². The van der Waals surface area contributed by atoms with Gasteiger partial charge in [-0.1, -0.05) is 60.7 Å². The highest BCUT2D eigenvalue weighted by Gasteiger charge is 2.43. The minimum Gasteiger partial charge on any atom is -0.394 e. The van der Waals surface area contributed by atoms with Crippen molar-refractivity contribution < 1.29 is 25.2 Å². The van der Waals surface area contributed by atoms with Crippen molar-refractivity contribution >= 4 is 0 Å². The maximum atomic E-state index is 10.4. The van der Waals surface area contributed by atoms with E-state index in [1.165, 1.54) is 0 Å². The van der Waals surface area contributed by atoms with Crippen molar-refractivity contribution in [1.29, 1.82) is 0 Å². The predicted molar refractivity (Wildman–Crippen MR) is 107 cm³/mol. The van der Waals surface area contributed by atoms with E-state index in [-0.39, 0.29) is 6.54 Å². The molecule has 0 aliphatic carbocycles. The number of rotatable bonds is 5. The van der Waals surface area contributed by atoms with Gasteiger partial charge in [0.2, 0.25) is 0 Å². The fourth-order valence-electron chi connectivity index (χ4n) is 3.75. The van der Waals surface area contributed by atoms with Gasteiger partial charge in [-0.3, -0.25) is 0 Å². The molecule has 7 heteroatoms. The molecule has 0 radical (unpaired) electrons. The molecule has 1 fully saturated rings. The van der Waals surface area contributed by atoms with Crippen molar-refractivity contribution in [2.45, 2.75) is 37.1 Å². The molecule has 7 nitrogen and oxygen atoms in total. The van der Waals surface area contributed by atoms with Gasteiger partial charge in [-0.2, -0.15) is 0 Å². The number of nitrogens with zero attached hydrogens (tertiary/aromatic N) is 2. The topological polar surface area (TPSA) is 108 Å². The molecule has 0 spiro atoms. The molecule has 4 N–H and O–H groups in total. The molecule has 0 bridgehead atoms. The monoisotopic (exact) mass is 396 g/mol. The normalized spacial score (nSPS) is 27.1. The van der Waals surface area contributed by atoms with Crippen LogP contribution in [-0.2, 0) is 11.3 Å². The van der Waals surface area contributed by atoms with E-state index < -0.39 is 37.1 Å². The summed E-state index contributed by atoms with van der Waals surface area (Å²) in [7, 11) is 0. The second kappa shape index (κ2) is 8.44. The summed E-state index contributed by atoms with van der Waals surface area (Å²) in [5.74, 6) is 0. The van der Waals surface area contributed by atoms with Crippen LogP contribution in [0.2, 0.25) is 0 Å². The van der Waals surface area contributed by atoms with Crippen molar-refractivity contribution in [3.05, 3.63) is 67.0 Å². The maximum absolute atomic E-state index is 10.4. The lowest BCUT2D eigenvalue weighted by atomic mass is 9.95. The van der Waals surface area contributed by atoms with Crippen LogP contribution in [0.4, 0.5) is 0 Å². The average molecular weight is 396 g/mol. The van der Waals surface area contributed by atoms with Gasteiger partial charge in [-0.15, -0.1) is 0 Å². The zero-order chi connectivity index (χ0) is 20.4. The number of aliphatic hydroxyl groups is 4. The number of aliphatic hydroxyl groups excluding tert-OH is 4. The third kappa shape index (κ3) is 3.83. The lowest BCUT2D eigenvalue weighted by molar-refractivity contribution is -0.231. The lowest BCUT2D eigenvalue weighted by Crippen LogP contribution is -2.59. The van der Waals surface area contributed by atoms with Crippen LogP contribution < -0.4 is 0 Å². The Kier molecular flexibility index (Phi) is 5.75. The molecule has 1 aliphatic heterocycles. The standard InChI is InChI=1S/C22H24N2O5/c25-12-17-21(27)22(28)20(26)16(29-17)11-24-13-23-18(14-7-3-1-4-8-14)19(24)15-9-5-2-6-10-15/h1-10,13,16-17,20-22,25-28H,11-12H2/t16-,17+,20-,21+,22+/m0/s1. The Morgan fingerprint density at radius 1 is 0.793 bits per heavy atom. The third-order valence-electron chi connectivity index (χ3n) is 5.30. The summed E-state index contributed by atoms with van der Waals surface area (Å²) in [5.41, 5.74) is 3.56. The molecule has 0 unspecified atom stereocenters. The van der Waals surface area contributed by atoms with Gasteiger partial charge < -0.3 is 29.7 Å². The van der Waals surface area contributed by atoms with E-state index in [1.807, 2.05) is 65.2 Å². The highest BCUT2D eigenvalue weighted by atomic mass is 16.5. The maximum Gasteiger partial charge on any atom is 0.111 e. The van der Waals surface area contributed by atoms with Crippen molar-refractivity contribution in [2.75, 3.05) is 6.61 Å². The first kappa shape index (κ1) is 19.8. The molecular formula is C22H24N2O5. The van der Waals surface area contributed by atoms with Crippen LogP contribution in [-0.4, -0.2) is 67.1 Å². The van der Waals surface area contributed by atoms with Crippen LogP contribution >= 0.6 is 0 Å². The number of aromatic nitrogens is 2. The zero-order valence-electron chi connectivity index (χ0n) is 15.7. The summed E-state index contributed by atoms with van der Waals surface area (Å²) >= 11 is 0. The molecule has 0 amide bonds. The van der Waals surface area contributed by atoms with E-state index >= 15 is 0 Å². The summed E-state index contributed by atoms with van der Waals surface area (Å²) in [4.78, 5) is 4.59. The SMILES string of the molecule is OC[C@H]1O[C@@H](Cn2cnc(-c3ccccc3)c2-c2ccccc2)[C@H](O)[C@@H](O)[C@@H]1O. The van der Waals surface area contributed by atoms with E-state index in [0.29, 0.717) is 0 Å². The van der Waals surface area contributed by atoms with Crippen molar-refractivity contribution in [2.24, 2.45) is 0 Å². The molecule has 3 aromatic rings. The van der Waals surface area contributed by atoms with Crippen molar-refractivity contribution in [1.82, 2.24) is 9.55 Å². The minimum atomic E-state index is -1.40. The fraction of sp³-hybridized carbons (Fsp3) is 0.318. The highest BCUT2D eigenvalue weighted by Crippen LogP contribution is 2.32. The van der Waals surface area contributed by atoms with Crippen LogP contribution in [0.25, 0.3) is 22.5 Å². The second-order valence-electron chi connectivity index (χ2n) is 7.19. The average Bonchev–Trinajstić information content (AvgIpc) is 3.19. The number of imidazole rings is 1. The van der Waals surface area contributed by atoms with Gasteiger partial charge in [0.1, 0.15) is 30.5 Å². The molecule has 29 heavy (non-hydrogen) atoms. The first-order valence-electron chi connectivity index (χ1n) is 9.56. The number of hydrogen-bond donors (Lipinski definition) is 4. The summed E-state index contributed by atoms with van der Waals surface area (Å²) < 4.78 is 7.55. The molecular weight excluding hydrogens is 372 g/mol. The number of ether oxygens (including phenoxy) is 1. The first-order chi connectivity index (χ1) is 14.1.